The maximum atomic E-state index is 12.6. The predicted octanol–water partition coefficient (Wildman–Crippen LogP) is 4.50. The topological polar surface area (TPSA) is 59.3 Å². The molecule has 0 saturated carbocycles. The number of hydrogen-bond donors (Lipinski definition) is 0. The highest BCUT2D eigenvalue weighted by molar-refractivity contribution is 6.14. The Morgan fingerprint density at radius 2 is 1.76 bits per heavy atom. The van der Waals surface area contributed by atoms with Crippen molar-refractivity contribution in [2.45, 2.75) is 26.2 Å². The fourth-order valence-electron chi connectivity index (χ4n) is 2.60. The van der Waals surface area contributed by atoms with Crippen LogP contribution in [-0.2, 0) is 5.41 Å². The van der Waals surface area contributed by atoms with Gasteiger partial charge in [0.1, 0.15) is 11.6 Å². The molecule has 0 unspecified atom stereocenters. The van der Waals surface area contributed by atoms with Crippen molar-refractivity contribution in [1.29, 1.82) is 5.26 Å². The van der Waals surface area contributed by atoms with E-state index in [1.54, 1.807) is 36.4 Å². The van der Waals surface area contributed by atoms with Gasteiger partial charge in [-0.1, -0.05) is 51.1 Å². The fraction of sp³-hybridized carbons (Fsp3) is 0.238. The molecule has 1 heterocycles. The third-order valence-corrected chi connectivity index (χ3v) is 4.09. The Labute approximate surface area is 147 Å². The molecule has 0 bridgehead atoms. The molecule has 2 aromatic rings. The van der Waals surface area contributed by atoms with E-state index in [1.165, 1.54) is 0 Å². The van der Waals surface area contributed by atoms with Gasteiger partial charge in [0.25, 0.3) is 0 Å². The molecule has 0 aliphatic carbocycles. The number of fused-ring (bicyclic) bond motifs is 1. The molecule has 1 aliphatic heterocycles. The molecule has 0 atom stereocenters. The van der Waals surface area contributed by atoms with Crippen LogP contribution < -0.4 is 9.47 Å². The van der Waals surface area contributed by atoms with Gasteiger partial charge in [-0.25, -0.2) is 0 Å². The maximum absolute atomic E-state index is 12.6. The van der Waals surface area contributed by atoms with E-state index >= 15 is 0 Å². The number of hydrogen-bond acceptors (Lipinski definition) is 4. The Morgan fingerprint density at radius 1 is 1.08 bits per heavy atom. The smallest absolute Gasteiger partial charge is 0.231 e. The molecular weight excluding hydrogens is 314 g/mol. The van der Waals surface area contributed by atoms with E-state index < -0.39 is 0 Å². The highest BCUT2D eigenvalue weighted by Gasteiger charge is 2.17. The lowest BCUT2D eigenvalue weighted by molar-refractivity contribution is 0.104. The number of ketones is 1. The third-order valence-electron chi connectivity index (χ3n) is 4.09. The first-order chi connectivity index (χ1) is 11.9. The van der Waals surface area contributed by atoms with Crippen molar-refractivity contribution < 1.29 is 14.3 Å². The van der Waals surface area contributed by atoms with Gasteiger partial charge < -0.3 is 9.47 Å². The van der Waals surface area contributed by atoms with Crippen LogP contribution >= 0.6 is 0 Å². The largest absolute Gasteiger partial charge is 0.454 e. The molecule has 0 aromatic heterocycles. The van der Waals surface area contributed by atoms with Gasteiger partial charge in [-0.2, -0.15) is 5.26 Å². The van der Waals surface area contributed by atoms with Gasteiger partial charge >= 0.3 is 0 Å². The summed E-state index contributed by atoms with van der Waals surface area (Å²) in [6.45, 7) is 6.53. The van der Waals surface area contributed by atoms with Crippen molar-refractivity contribution in [3.63, 3.8) is 0 Å². The lowest BCUT2D eigenvalue weighted by Gasteiger charge is -2.18. The Balaban J connectivity index is 1.88. The molecular formula is C21H19NO3. The van der Waals surface area contributed by atoms with Crippen LogP contribution in [-0.4, -0.2) is 12.6 Å². The zero-order valence-corrected chi connectivity index (χ0v) is 14.5. The molecule has 0 saturated heterocycles. The molecule has 0 radical (unpaired) electrons. The second-order valence-electron chi connectivity index (χ2n) is 6.94. The van der Waals surface area contributed by atoms with Crippen LogP contribution in [0.2, 0.25) is 0 Å². The molecule has 2 aromatic carbocycles. The fourth-order valence-corrected chi connectivity index (χ4v) is 2.60. The third kappa shape index (κ3) is 3.56. The number of nitrogens with zero attached hydrogens (tertiary/aromatic N) is 1. The SMILES string of the molecule is CC(C)(C)c1ccc(C(=O)C(C#N)=Cc2ccc3c(c2)OCO3)cc1. The summed E-state index contributed by atoms with van der Waals surface area (Å²) in [5.74, 6) is 0.994. The molecule has 25 heavy (non-hydrogen) atoms. The van der Waals surface area contributed by atoms with Crippen LogP contribution in [0.4, 0.5) is 0 Å². The predicted molar refractivity (Wildman–Crippen MR) is 95.6 cm³/mol. The minimum atomic E-state index is -0.291. The highest BCUT2D eigenvalue weighted by atomic mass is 16.7. The molecule has 1 aliphatic rings. The van der Waals surface area contributed by atoms with Crippen LogP contribution in [0.25, 0.3) is 6.08 Å². The highest BCUT2D eigenvalue weighted by Crippen LogP contribution is 2.33. The number of rotatable bonds is 3. The zero-order chi connectivity index (χ0) is 18.0. The first-order valence-corrected chi connectivity index (χ1v) is 8.05. The summed E-state index contributed by atoms with van der Waals surface area (Å²) in [5, 5.41) is 9.40. The number of allylic oxidation sites excluding steroid dienone is 1. The van der Waals surface area contributed by atoms with Gasteiger partial charge in [-0.3, -0.25) is 4.79 Å². The molecule has 3 rings (SSSR count). The van der Waals surface area contributed by atoms with Crippen LogP contribution in [0, 0.1) is 11.3 Å². The molecule has 4 heteroatoms. The van der Waals surface area contributed by atoms with E-state index in [4.69, 9.17) is 9.47 Å². The Bertz CT molecular complexity index is 881. The number of nitriles is 1. The van der Waals surface area contributed by atoms with Crippen molar-refractivity contribution in [3.05, 3.63) is 64.7 Å². The number of carbonyl (C=O) groups excluding carboxylic acids is 1. The summed E-state index contributed by atoms with van der Waals surface area (Å²) in [6.07, 6.45) is 1.57. The summed E-state index contributed by atoms with van der Waals surface area (Å²) in [7, 11) is 0. The minimum absolute atomic E-state index is 0.0158. The number of ether oxygens (including phenoxy) is 2. The second kappa shape index (κ2) is 6.45. The van der Waals surface area contributed by atoms with Gasteiger partial charge in [0.2, 0.25) is 12.6 Å². The van der Waals surface area contributed by atoms with Crippen molar-refractivity contribution in [2.24, 2.45) is 0 Å². The molecule has 0 fully saturated rings. The van der Waals surface area contributed by atoms with Crippen LogP contribution in [0.3, 0.4) is 0 Å². The standard InChI is InChI=1S/C21H19NO3/c1-21(2,3)17-7-5-15(6-8-17)20(23)16(12-22)10-14-4-9-18-19(11-14)25-13-24-18/h4-11H,13H2,1-3H3. The lowest BCUT2D eigenvalue weighted by Crippen LogP contribution is -2.11. The van der Waals surface area contributed by atoms with Crippen LogP contribution in [0.5, 0.6) is 11.5 Å². The maximum Gasteiger partial charge on any atom is 0.231 e. The van der Waals surface area contributed by atoms with Crippen molar-refractivity contribution in [3.8, 4) is 17.6 Å². The normalized spacial score (nSPS) is 13.4. The molecule has 126 valence electrons. The van der Waals surface area contributed by atoms with Crippen molar-refractivity contribution >= 4 is 11.9 Å². The van der Waals surface area contributed by atoms with Gasteiger partial charge in [0.15, 0.2) is 11.5 Å². The summed E-state index contributed by atoms with van der Waals surface area (Å²) in [6, 6.07) is 14.7. The lowest BCUT2D eigenvalue weighted by atomic mass is 9.86. The summed E-state index contributed by atoms with van der Waals surface area (Å²) in [5.41, 5.74) is 2.47. The van der Waals surface area contributed by atoms with E-state index in [1.807, 2.05) is 18.2 Å². The molecule has 0 N–H and O–H groups in total. The van der Waals surface area contributed by atoms with Crippen LogP contribution in [0.15, 0.2) is 48.0 Å². The Kier molecular flexibility index (Phi) is 4.33. The van der Waals surface area contributed by atoms with Crippen molar-refractivity contribution in [1.82, 2.24) is 0 Å². The molecule has 0 spiro atoms. The molecule has 4 nitrogen and oxygen atoms in total. The van der Waals surface area contributed by atoms with Gasteiger partial charge in [-0.15, -0.1) is 0 Å². The minimum Gasteiger partial charge on any atom is -0.454 e. The van der Waals surface area contributed by atoms with E-state index in [0.717, 1.165) is 11.1 Å². The number of benzene rings is 2. The van der Waals surface area contributed by atoms with E-state index in [0.29, 0.717) is 17.1 Å². The number of Topliss-reactive ketones (excluding diaryl/α,β-unsaturated/α-hetero) is 1. The van der Waals surface area contributed by atoms with E-state index in [-0.39, 0.29) is 23.6 Å². The average Bonchev–Trinajstić information content (AvgIpc) is 3.06. The van der Waals surface area contributed by atoms with E-state index in [2.05, 4.69) is 20.8 Å². The van der Waals surface area contributed by atoms with Gasteiger partial charge in [0, 0.05) is 5.56 Å². The first-order valence-electron chi connectivity index (χ1n) is 8.05. The molecule has 0 amide bonds. The van der Waals surface area contributed by atoms with Gasteiger partial charge in [-0.05, 0) is 34.8 Å². The second-order valence-corrected chi connectivity index (χ2v) is 6.94. The van der Waals surface area contributed by atoms with Crippen molar-refractivity contribution in [2.75, 3.05) is 6.79 Å². The number of carbonyl (C=O) groups is 1. The Morgan fingerprint density at radius 3 is 2.40 bits per heavy atom. The Hall–Kier alpha value is -3.06. The van der Waals surface area contributed by atoms with E-state index in [9.17, 15) is 10.1 Å². The first kappa shape index (κ1) is 16.8. The quantitative estimate of drug-likeness (QED) is 0.471. The summed E-state index contributed by atoms with van der Waals surface area (Å²) >= 11 is 0. The average molecular weight is 333 g/mol. The summed E-state index contributed by atoms with van der Waals surface area (Å²) in [4.78, 5) is 12.6. The van der Waals surface area contributed by atoms with Gasteiger partial charge in [0.05, 0.1) is 0 Å². The monoisotopic (exact) mass is 333 g/mol. The summed E-state index contributed by atoms with van der Waals surface area (Å²) < 4.78 is 10.6. The van der Waals surface area contributed by atoms with Crippen LogP contribution in [0.1, 0.15) is 42.3 Å². The zero-order valence-electron chi connectivity index (χ0n) is 14.5.